The third-order valence-electron chi connectivity index (χ3n) is 3.13. The Morgan fingerprint density at radius 2 is 1.96 bits per heavy atom. The van der Waals surface area contributed by atoms with Gasteiger partial charge < -0.3 is 11.1 Å². The zero-order valence-electron chi connectivity index (χ0n) is 12.7. The lowest BCUT2D eigenvalue weighted by atomic mass is 10.2. The van der Waals surface area contributed by atoms with Gasteiger partial charge in [-0.1, -0.05) is 11.8 Å². The van der Waals surface area contributed by atoms with Gasteiger partial charge in [-0.2, -0.15) is 0 Å². The van der Waals surface area contributed by atoms with Gasteiger partial charge in [0.05, 0.1) is 17.0 Å². The lowest BCUT2D eigenvalue weighted by molar-refractivity contribution is -0.113. The van der Waals surface area contributed by atoms with E-state index < -0.39 is 5.91 Å². The maximum Gasteiger partial charge on any atom is 0.251 e. The highest BCUT2D eigenvalue weighted by Crippen LogP contribution is 2.29. The number of nitrogens with one attached hydrogen (secondary N) is 1. The lowest BCUT2D eigenvalue weighted by Gasteiger charge is -2.03. The molecule has 1 aromatic carbocycles. The molecule has 0 aliphatic heterocycles. The number of hydrogen-bond donors (Lipinski definition) is 2. The number of thiazole rings is 1. The van der Waals surface area contributed by atoms with E-state index in [0.29, 0.717) is 10.6 Å². The van der Waals surface area contributed by atoms with Crippen molar-refractivity contribution in [2.24, 2.45) is 5.73 Å². The van der Waals surface area contributed by atoms with Crippen molar-refractivity contribution in [3.05, 3.63) is 52.5 Å². The monoisotopic (exact) mass is 393 g/mol. The number of carbonyl (C=O) groups excluding carboxylic acids is 2. The van der Waals surface area contributed by atoms with Crippen LogP contribution < -0.4 is 11.1 Å². The number of amides is 2. The Morgan fingerprint density at radius 1 is 1.20 bits per heavy atom. The molecular formula is C16H12FN3O2S3. The van der Waals surface area contributed by atoms with Crippen LogP contribution in [0.3, 0.4) is 0 Å². The first-order valence-corrected chi connectivity index (χ1v) is 9.79. The fraction of sp³-hybridized carbons (Fsp3) is 0.0625. The van der Waals surface area contributed by atoms with Crippen molar-refractivity contribution in [2.75, 3.05) is 11.1 Å². The van der Waals surface area contributed by atoms with Crippen molar-refractivity contribution in [2.45, 2.75) is 4.34 Å². The zero-order chi connectivity index (χ0) is 17.8. The van der Waals surface area contributed by atoms with Crippen molar-refractivity contribution in [1.29, 1.82) is 0 Å². The van der Waals surface area contributed by atoms with Gasteiger partial charge in [-0.15, -0.1) is 22.7 Å². The third-order valence-corrected chi connectivity index (χ3v) is 5.98. The van der Waals surface area contributed by atoms with Crippen LogP contribution >= 0.6 is 34.4 Å². The van der Waals surface area contributed by atoms with Crippen LogP contribution in [0.25, 0.3) is 11.3 Å². The number of primary amides is 1. The average Bonchev–Trinajstić information content (AvgIpc) is 3.23. The maximum absolute atomic E-state index is 13.0. The molecule has 3 aromatic rings. The van der Waals surface area contributed by atoms with Gasteiger partial charge in [0.2, 0.25) is 5.91 Å². The summed E-state index contributed by atoms with van der Waals surface area (Å²) < 4.78 is 13.7. The van der Waals surface area contributed by atoms with Crippen LogP contribution in [0.5, 0.6) is 0 Å². The van der Waals surface area contributed by atoms with Gasteiger partial charge in [-0.3, -0.25) is 9.59 Å². The fourth-order valence-electron chi connectivity index (χ4n) is 1.97. The van der Waals surface area contributed by atoms with Gasteiger partial charge in [0.1, 0.15) is 10.8 Å². The predicted molar refractivity (Wildman–Crippen MR) is 99.7 cm³/mol. The SMILES string of the molecule is NC(=O)c1ccsc1NC(=O)CSc1nc(-c2ccc(F)cc2)cs1. The minimum Gasteiger partial charge on any atom is -0.366 e. The molecule has 0 fully saturated rings. The summed E-state index contributed by atoms with van der Waals surface area (Å²) in [4.78, 5) is 27.7. The summed E-state index contributed by atoms with van der Waals surface area (Å²) in [5, 5.41) is 6.68. The molecule has 3 N–H and O–H groups in total. The van der Waals surface area contributed by atoms with Crippen LogP contribution in [0.2, 0.25) is 0 Å². The Bertz CT molecular complexity index is 906. The number of aromatic nitrogens is 1. The summed E-state index contributed by atoms with van der Waals surface area (Å²) >= 11 is 3.95. The first kappa shape index (κ1) is 17.6. The molecule has 9 heteroatoms. The summed E-state index contributed by atoms with van der Waals surface area (Å²) in [7, 11) is 0. The number of benzene rings is 1. The molecular weight excluding hydrogens is 381 g/mol. The quantitative estimate of drug-likeness (QED) is 0.623. The van der Waals surface area contributed by atoms with Crippen LogP contribution in [0, 0.1) is 5.82 Å². The molecule has 0 saturated heterocycles. The molecule has 2 heterocycles. The second kappa shape index (κ2) is 7.77. The van der Waals surface area contributed by atoms with E-state index in [9.17, 15) is 14.0 Å². The molecule has 3 rings (SSSR count). The molecule has 0 atom stereocenters. The Balaban J connectivity index is 1.58. The minimum atomic E-state index is -0.576. The van der Waals surface area contributed by atoms with Gasteiger partial charge in [0.15, 0.2) is 4.34 Å². The molecule has 25 heavy (non-hydrogen) atoms. The topological polar surface area (TPSA) is 85.1 Å². The van der Waals surface area contributed by atoms with Gasteiger partial charge in [-0.05, 0) is 35.7 Å². The Morgan fingerprint density at radius 3 is 2.68 bits per heavy atom. The molecule has 0 saturated carbocycles. The van der Waals surface area contributed by atoms with E-state index in [1.807, 2.05) is 5.38 Å². The molecule has 0 radical (unpaired) electrons. The minimum absolute atomic E-state index is 0.159. The van der Waals surface area contributed by atoms with Crippen LogP contribution in [0.4, 0.5) is 9.39 Å². The van der Waals surface area contributed by atoms with Gasteiger partial charge in [0.25, 0.3) is 5.91 Å². The van der Waals surface area contributed by atoms with Gasteiger partial charge >= 0.3 is 0 Å². The highest BCUT2D eigenvalue weighted by molar-refractivity contribution is 8.01. The number of anilines is 1. The third kappa shape index (κ3) is 4.44. The molecule has 0 spiro atoms. The second-order valence-electron chi connectivity index (χ2n) is 4.87. The first-order valence-electron chi connectivity index (χ1n) is 7.04. The van der Waals surface area contributed by atoms with Crippen LogP contribution in [-0.2, 0) is 4.79 Å². The van der Waals surface area contributed by atoms with Crippen molar-refractivity contribution in [3.63, 3.8) is 0 Å². The van der Waals surface area contributed by atoms with E-state index in [2.05, 4.69) is 10.3 Å². The van der Waals surface area contributed by atoms with E-state index in [1.54, 1.807) is 23.6 Å². The number of carbonyl (C=O) groups is 2. The summed E-state index contributed by atoms with van der Waals surface area (Å²) in [6.45, 7) is 0. The van der Waals surface area contributed by atoms with Crippen LogP contribution in [0.15, 0.2) is 45.4 Å². The predicted octanol–water partition coefficient (Wildman–Crippen LogP) is 3.84. The number of nitrogens with two attached hydrogens (primary N) is 1. The molecule has 5 nitrogen and oxygen atoms in total. The molecule has 2 amide bonds. The smallest absolute Gasteiger partial charge is 0.251 e. The fourth-order valence-corrected chi connectivity index (χ4v) is 4.41. The highest BCUT2D eigenvalue weighted by Gasteiger charge is 2.13. The standard InChI is InChI=1S/C16H12FN3O2S3/c17-10-3-1-9(2-4-10)12-7-24-16(19-12)25-8-13(21)20-15-11(14(18)22)5-6-23-15/h1-7H,8H2,(H2,18,22)(H,20,21). The van der Waals surface area contributed by atoms with E-state index in [0.717, 1.165) is 15.6 Å². The maximum atomic E-state index is 13.0. The van der Waals surface area contributed by atoms with E-state index in [4.69, 9.17) is 5.73 Å². The van der Waals surface area contributed by atoms with Crippen LogP contribution in [-0.4, -0.2) is 22.6 Å². The number of rotatable bonds is 6. The Labute approximate surface area is 155 Å². The van der Waals surface area contributed by atoms with Crippen molar-refractivity contribution in [1.82, 2.24) is 4.98 Å². The molecule has 0 aliphatic carbocycles. The van der Waals surface area contributed by atoms with E-state index in [-0.39, 0.29) is 17.5 Å². The highest BCUT2D eigenvalue weighted by atomic mass is 32.2. The molecule has 0 aliphatic rings. The molecule has 0 bridgehead atoms. The number of nitrogens with zero attached hydrogens (tertiary/aromatic N) is 1. The second-order valence-corrected chi connectivity index (χ2v) is 7.87. The number of halogens is 1. The Hall–Kier alpha value is -2.23. The van der Waals surface area contributed by atoms with E-state index >= 15 is 0 Å². The first-order chi connectivity index (χ1) is 12.0. The summed E-state index contributed by atoms with van der Waals surface area (Å²) in [6, 6.07) is 7.66. The Kier molecular flexibility index (Phi) is 5.47. The van der Waals surface area contributed by atoms with Crippen molar-refractivity contribution in [3.8, 4) is 11.3 Å². The molecule has 2 aromatic heterocycles. The number of thioether (sulfide) groups is 1. The van der Waals surface area contributed by atoms with Crippen molar-refractivity contribution < 1.29 is 14.0 Å². The number of thiophene rings is 1. The normalized spacial score (nSPS) is 10.6. The summed E-state index contributed by atoms with van der Waals surface area (Å²) in [5.74, 6) is -0.956. The number of hydrogen-bond acceptors (Lipinski definition) is 6. The van der Waals surface area contributed by atoms with Crippen molar-refractivity contribution >= 4 is 51.3 Å². The largest absolute Gasteiger partial charge is 0.366 e. The summed E-state index contributed by atoms with van der Waals surface area (Å²) in [6.07, 6.45) is 0. The van der Waals surface area contributed by atoms with Gasteiger partial charge in [0, 0.05) is 10.9 Å². The van der Waals surface area contributed by atoms with Crippen LogP contribution in [0.1, 0.15) is 10.4 Å². The summed E-state index contributed by atoms with van der Waals surface area (Å²) in [5.41, 5.74) is 7.10. The zero-order valence-corrected chi connectivity index (χ0v) is 15.1. The van der Waals surface area contributed by atoms with Gasteiger partial charge in [-0.25, -0.2) is 9.37 Å². The molecule has 0 unspecified atom stereocenters. The lowest BCUT2D eigenvalue weighted by Crippen LogP contribution is -2.17. The average molecular weight is 393 g/mol. The molecule has 128 valence electrons. The van der Waals surface area contributed by atoms with E-state index in [1.165, 1.54) is 46.6 Å².